The summed E-state index contributed by atoms with van der Waals surface area (Å²) >= 11 is 4.85. The molecule has 0 saturated carbocycles. The Balaban J connectivity index is 3.33. The molecule has 0 aromatic heterocycles. The SMILES string of the molecule is C/C=C/C(=S)NCC. The smallest absolute Gasteiger partial charge is 0.0984 e. The molecule has 0 heterocycles. The van der Waals surface area contributed by atoms with Gasteiger partial charge in [0.25, 0.3) is 0 Å². The first-order valence-corrected chi connectivity index (χ1v) is 3.12. The van der Waals surface area contributed by atoms with Gasteiger partial charge in [-0.05, 0) is 19.9 Å². The molecule has 0 aliphatic heterocycles. The lowest BCUT2D eigenvalue weighted by atomic mass is 10.5. The highest BCUT2D eigenvalue weighted by molar-refractivity contribution is 7.80. The minimum absolute atomic E-state index is 0.815. The van der Waals surface area contributed by atoms with E-state index >= 15 is 0 Å². The molecule has 0 aliphatic rings. The van der Waals surface area contributed by atoms with E-state index in [4.69, 9.17) is 12.2 Å². The molecule has 0 saturated heterocycles. The molecule has 0 spiro atoms. The Hall–Kier alpha value is -0.370. The van der Waals surface area contributed by atoms with Gasteiger partial charge in [-0.15, -0.1) is 0 Å². The second-order valence-corrected chi connectivity index (χ2v) is 1.83. The first-order valence-electron chi connectivity index (χ1n) is 2.71. The molecule has 0 aromatic rings. The summed E-state index contributed by atoms with van der Waals surface area (Å²) < 4.78 is 0. The van der Waals surface area contributed by atoms with E-state index in [0.29, 0.717) is 0 Å². The van der Waals surface area contributed by atoms with Crippen molar-refractivity contribution in [3.8, 4) is 0 Å². The maximum Gasteiger partial charge on any atom is 0.0984 e. The minimum Gasteiger partial charge on any atom is -0.377 e. The molecule has 0 amide bonds. The lowest BCUT2D eigenvalue weighted by Gasteiger charge is -1.95. The number of nitrogens with one attached hydrogen (secondary N) is 1. The maximum absolute atomic E-state index is 4.85. The van der Waals surface area contributed by atoms with E-state index in [9.17, 15) is 0 Å². The van der Waals surface area contributed by atoms with Crippen molar-refractivity contribution < 1.29 is 0 Å². The van der Waals surface area contributed by atoms with Crippen molar-refractivity contribution >= 4 is 17.2 Å². The molecular weight excluding hydrogens is 118 g/mol. The Bertz CT molecular complexity index is 96.7. The Morgan fingerprint density at radius 2 is 2.38 bits per heavy atom. The van der Waals surface area contributed by atoms with Gasteiger partial charge in [-0.25, -0.2) is 0 Å². The molecule has 0 radical (unpaired) electrons. The van der Waals surface area contributed by atoms with E-state index in [2.05, 4.69) is 5.32 Å². The Labute approximate surface area is 55.8 Å². The van der Waals surface area contributed by atoms with E-state index in [1.165, 1.54) is 0 Å². The highest BCUT2D eigenvalue weighted by Gasteiger charge is 1.80. The van der Waals surface area contributed by atoms with Crippen molar-refractivity contribution in [3.63, 3.8) is 0 Å². The summed E-state index contributed by atoms with van der Waals surface area (Å²) in [6.45, 7) is 4.88. The Morgan fingerprint density at radius 3 is 2.75 bits per heavy atom. The lowest BCUT2D eigenvalue weighted by Crippen LogP contribution is -2.17. The summed E-state index contributed by atoms with van der Waals surface area (Å²) in [5, 5.41) is 2.99. The van der Waals surface area contributed by atoms with Crippen LogP contribution in [0.5, 0.6) is 0 Å². The third-order valence-corrected chi connectivity index (χ3v) is 0.949. The van der Waals surface area contributed by atoms with Gasteiger partial charge in [-0.1, -0.05) is 18.3 Å². The van der Waals surface area contributed by atoms with E-state index in [-0.39, 0.29) is 0 Å². The standard InChI is InChI=1S/C6H11NS/c1-3-5-6(8)7-4-2/h3,5H,4H2,1-2H3,(H,7,8)/b5-3+. The topological polar surface area (TPSA) is 12.0 Å². The van der Waals surface area contributed by atoms with Gasteiger partial charge in [0.15, 0.2) is 0 Å². The summed E-state index contributed by atoms with van der Waals surface area (Å²) in [7, 11) is 0. The summed E-state index contributed by atoms with van der Waals surface area (Å²) in [5.74, 6) is 0. The van der Waals surface area contributed by atoms with E-state index in [1.54, 1.807) is 0 Å². The predicted octanol–water partition coefficient (Wildman–Crippen LogP) is 1.50. The van der Waals surface area contributed by atoms with Crippen molar-refractivity contribution in [2.24, 2.45) is 0 Å². The molecule has 0 fully saturated rings. The summed E-state index contributed by atoms with van der Waals surface area (Å²) in [6.07, 6.45) is 3.80. The molecule has 0 bridgehead atoms. The van der Waals surface area contributed by atoms with Crippen LogP contribution >= 0.6 is 12.2 Å². The van der Waals surface area contributed by atoms with Gasteiger partial charge in [-0.2, -0.15) is 0 Å². The minimum atomic E-state index is 0.815. The molecule has 0 rings (SSSR count). The third kappa shape index (κ3) is 3.81. The van der Waals surface area contributed by atoms with Crippen LogP contribution < -0.4 is 5.32 Å². The zero-order valence-corrected chi connectivity index (χ0v) is 6.09. The number of rotatable bonds is 2. The molecule has 0 aromatic carbocycles. The molecule has 0 aliphatic carbocycles. The van der Waals surface area contributed by atoms with Gasteiger partial charge in [0.05, 0.1) is 4.99 Å². The molecule has 46 valence electrons. The number of hydrogen-bond donors (Lipinski definition) is 1. The molecular formula is C6H11NS. The quantitative estimate of drug-likeness (QED) is 0.448. The second-order valence-electron chi connectivity index (χ2n) is 1.39. The third-order valence-electron chi connectivity index (χ3n) is 0.669. The Morgan fingerprint density at radius 1 is 1.75 bits per heavy atom. The highest BCUT2D eigenvalue weighted by atomic mass is 32.1. The summed E-state index contributed by atoms with van der Waals surface area (Å²) in [6, 6.07) is 0. The van der Waals surface area contributed by atoms with Crippen LogP contribution in [0.2, 0.25) is 0 Å². The van der Waals surface area contributed by atoms with Crippen LogP contribution in [0.15, 0.2) is 12.2 Å². The van der Waals surface area contributed by atoms with Crippen LogP contribution in [0.1, 0.15) is 13.8 Å². The van der Waals surface area contributed by atoms with Crippen molar-refractivity contribution in [2.45, 2.75) is 13.8 Å². The molecule has 8 heavy (non-hydrogen) atoms. The lowest BCUT2D eigenvalue weighted by molar-refractivity contribution is 0.986. The molecule has 0 atom stereocenters. The van der Waals surface area contributed by atoms with Crippen molar-refractivity contribution in [2.75, 3.05) is 6.54 Å². The average molecular weight is 129 g/mol. The van der Waals surface area contributed by atoms with Crippen LogP contribution in [0.4, 0.5) is 0 Å². The second kappa shape index (κ2) is 4.78. The van der Waals surface area contributed by atoms with Crippen LogP contribution in [0.25, 0.3) is 0 Å². The fourth-order valence-corrected chi connectivity index (χ4v) is 0.665. The molecule has 2 heteroatoms. The number of allylic oxidation sites excluding steroid dienone is 1. The van der Waals surface area contributed by atoms with Crippen LogP contribution in [0, 0.1) is 0 Å². The van der Waals surface area contributed by atoms with Crippen molar-refractivity contribution in [1.82, 2.24) is 5.32 Å². The van der Waals surface area contributed by atoms with Crippen LogP contribution in [-0.2, 0) is 0 Å². The normalized spacial score (nSPS) is 9.75. The van der Waals surface area contributed by atoms with Gasteiger partial charge in [0.1, 0.15) is 0 Å². The zero-order valence-electron chi connectivity index (χ0n) is 5.27. The maximum atomic E-state index is 4.85. The van der Waals surface area contributed by atoms with Crippen LogP contribution in [-0.4, -0.2) is 11.5 Å². The Kier molecular flexibility index (Phi) is 4.56. The van der Waals surface area contributed by atoms with Crippen molar-refractivity contribution in [3.05, 3.63) is 12.2 Å². The fourth-order valence-electron chi connectivity index (χ4n) is 0.385. The summed E-state index contributed by atoms with van der Waals surface area (Å²) in [4.78, 5) is 0.815. The fraction of sp³-hybridized carbons (Fsp3) is 0.500. The number of thiocarbonyl (C=S) groups is 1. The van der Waals surface area contributed by atoms with Crippen molar-refractivity contribution in [1.29, 1.82) is 0 Å². The van der Waals surface area contributed by atoms with E-state index in [1.807, 2.05) is 26.0 Å². The number of likely N-dealkylation sites (N-methyl/N-ethyl adjacent to an activating group) is 1. The monoisotopic (exact) mass is 129 g/mol. The highest BCUT2D eigenvalue weighted by Crippen LogP contribution is 1.74. The van der Waals surface area contributed by atoms with Gasteiger partial charge in [0, 0.05) is 6.54 Å². The molecule has 0 unspecified atom stereocenters. The summed E-state index contributed by atoms with van der Waals surface area (Å²) in [5.41, 5.74) is 0. The van der Waals surface area contributed by atoms with Gasteiger partial charge in [0.2, 0.25) is 0 Å². The van der Waals surface area contributed by atoms with Gasteiger partial charge in [-0.3, -0.25) is 0 Å². The van der Waals surface area contributed by atoms with Gasteiger partial charge < -0.3 is 5.32 Å². The first kappa shape index (κ1) is 7.63. The largest absolute Gasteiger partial charge is 0.377 e. The number of hydrogen-bond acceptors (Lipinski definition) is 1. The predicted molar refractivity (Wildman–Crippen MR) is 41.1 cm³/mol. The van der Waals surface area contributed by atoms with Crippen LogP contribution in [0.3, 0.4) is 0 Å². The zero-order chi connectivity index (χ0) is 6.41. The molecule has 1 N–H and O–H groups in total. The average Bonchev–Trinajstić information content (AvgIpc) is 1.68. The van der Waals surface area contributed by atoms with Gasteiger partial charge >= 0.3 is 0 Å². The van der Waals surface area contributed by atoms with E-state index in [0.717, 1.165) is 11.5 Å². The first-order chi connectivity index (χ1) is 3.81. The molecule has 1 nitrogen and oxygen atoms in total. The van der Waals surface area contributed by atoms with E-state index < -0.39 is 0 Å².